The quantitative estimate of drug-likeness (QED) is 0.666. The van der Waals surface area contributed by atoms with E-state index in [1.54, 1.807) is 18.3 Å². The number of piperidine rings is 1. The predicted octanol–water partition coefficient (Wildman–Crippen LogP) is 3.28. The summed E-state index contributed by atoms with van der Waals surface area (Å²) in [4.78, 5) is 33.4. The second-order valence-corrected chi connectivity index (χ2v) is 8.89. The minimum atomic E-state index is -1.04. The Hall–Kier alpha value is -2.97. The van der Waals surface area contributed by atoms with Gasteiger partial charge in [-0.3, -0.25) is 9.69 Å². The van der Waals surface area contributed by atoms with Gasteiger partial charge < -0.3 is 20.1 Å². The molecule has 176 valence electrons. The number of hydrogen-bond donors (Lipinski definition) is 2. The van der Waals surface area contributed by atoms with Gasteiger partial charge in [-0.05, 0) is 56.8 Å². The summed E-state index contributed by atoms with van der Waals surface area (Å²) >= 11 is 0. The summed E-state index contributed by atoms with van der Waals surface area (Å²) < 4.78 is 5.41. The molecule has 3 heterocycles. The van der Waals surface area contributed by atoms with Crippen LogP contribution in [0.5, 0.6) is 0 Å². The van der Waals surface area contributed by atoms with Gasteiger partial charge in [0.1, 0.15) is 11.4 Å². The van der Waals surface area contributed by atoms with E-state index in [4.69, 9.17) is 4.74 Å². The molecule has 0 atom stereocenters. The van der Waals surface area contributed by atoms with Gasteiger partial charge in [0.2, 0.25) is 0 Å². The fourth-order valence-electron chi connectivity index (χ4n) is 4.47. The number of pyridine rings is 1. The Morgan fingerprint density at radius 3 is 2.48 bits per heavy atom. The van der Waals surface area contributed by atoms with Gasteiger partial charge in [-0.1, -0.05) is 17.7 Å². The number of ether oxygens (including phenoxy) is 1. The average Bonchev–Trinajstić information content (AvgIpc) is 2.84. The van der Waals surface area contributed by atoms with E-state index in [2.05, 4.69) is 20.1 Å². The largest absolute Gasteiger partial charge is 0.478 e. The number of benzene rings is 1. The summed E-state index contributed by atoms with van der Waals surface area (Å²) in [6.07, 6.45) is 4.75. The first-order valence-electron chi connectivity index (χ1n) is 11.7. The molecule has 8 nitrogen and oxygen atoms in total. The van der Waals surface area contributed by atoms with Gasteiger partial charge >= 0.3 is 5.97 Å². The second-order valence-electron chi connectivity index (χ2n) is 8.89. The van der Waals surface area contributed by atoms with Crippen molar-refractivity contribution in [2.45, 2.75) is 26.2 Å². The zero-order chi connectivity index (χ0) is 23.2. The summed E-state index contributed by atoms with van der Waals surface area (Å²) in [5.74, 6) is -0.215. The van der Waals surface area contributed by atoms with E-state index >= 15 is 0 Å². The van der Waals surface area contributed by atoms with Crippen LogP contribution in [-0.4, -0.2) is 72.8 Å². The molecule has 2 aliphatic rings. The van der Waals surface area contributed by atoms with Gasteiger partial charge in [0, 0.05) is 31.7 Å². The fraction of sp³-hybridized carbons (Fsp3) is 0.480. The summed E-state index contributed by atoms with van der Waals surface area (Å²) in [6, 6.07) is 8.72. The van der Waals surface area contributed by atoms with E-state index < -0.39 is 5.97 Å². The van der Waals surface area contributed by atoms with Crippen LogP contribution in [0.15, 0.2) is 36.5 Å². The maximum atomic E-state index is 12.5. The Morgan fingerprint density at radius 2 is 1.82 bits per heavy atom. The van der Waals surface area contributed by atoms with Gasteiger partial charge in [-0.15, -0.1) is 0 Å². The van der Waals surface area contributed by atoms with Crippen molar-refractivity contribution in [1.82, 2.24) is 9.88 Å². The molecule has 0 unspecified atom stereocenters. The Labute approximate surface area is 194 Å². The van der Waals surface area contributed by atoms with Crippen LogP contribution in [0.4, 0.5) is 11.5 Å². The fourth-order valence-corrected chi connectivity index (χ4v) is 4.47. The number of nitrogens with zero attached hydrogens (tertiary/aromatic N) is 3. The number of anilines is 2. The number of carboxylic acids is 1. The normalized spacial score (nSPS) is 17.7. The molecule has 4 rings (SSSR count). The van der Waals surface area contributed by atoms with Crippen molar-refractivity contribution in [3.8, 4) is 0 Å². The molecule has 0 bridgehead atoms. The Morgan fingerprint density at radius 1 is 1.12 bits per heavy atom. The monoisotopic (exact) mass is 452 g/mol. The number of aromatic nitrogens is 1. The first-order valence-corrected chi connectivity index (χ1v) is 11.7. The molecule has 0 aliphatic carbocycles. The lowest BCUT2D eigenvalue weighted by atomic mass is 9.93. The summed E-state index contributed by atoms with van der Waals surface area (Å²) in [5.41, 5.74) is 2.07. The van der Waals surface area contributed by atoms with E-state index in [-0.39, 0.29) is 11.5 Å². The van der Waals surface area contributed by atoms with E-state index in [1.165, 1.54) is 6.07 Å². The highest BCUT2D eigenvalue weighted by molar-refractivity contribution is 6.05. The van der Waals surface area contributed by atoms with Crippen molar-refractivity contribution in [2.75, 3.05) is 56.2 Å². The number of amides is 1. The molecule has 8 heteroatoms. The third-order valence-corrected chi connectivity index (χ3v) is 6.54. The topological polar surface area (TPSA) is 95.0 Å². The number of carbonyl (C=O) groups excluding carboxylic acids is 1. The van der Waals surface area contributed by atoms with Crippen LogP contribution in [0.2, 0.25) is 0 Å². The number of carboxylic acid groups (broad SMARTS) is 1. The minimum absolute atomic E-state index is 0.114. The number of carbonyl (C=O) groups is 2. The molecule has 2 aromatic rings. The van der Waals surface area contributed by atoms with Crippen LogP contribution in [0, 0.1) is 12.8 Å². The lowest BCUT2D eigenvalue weighted by Gasteiger charge is -2.35. The van der Waals surface area contributed by atoms with Gasteiger partial charge in [-0.25, -0.2) is 9.78 Å². The zero-order valence-electron chi connectivity index (χ0n) is 19.1. The number of rotatable bonds is 7. The zero-order valence-corrected chi connectivity index (χ0v) is 19.1. The molecule has 2 aliphatic heterocycles. The van der Waals surface area contributed by atoms with Crippen LogP contribution in [0.25, 0.3) is 0 Å². The molecule has 1 aromatic heterocycles. The summed E-state index contributed by atoms with van der Waals surface area (Å²) in [5, 5.41) is 12.5. The van der Waals surface area contributed by atoms with Crippen molar-refractivity contribution in [3.63, 3.8) is 0 Å². The molecular weight excluding hydrogens is 420 g/mol. The highest BCUT2D eigenvalue weighted by Gasteiger charge is 2.25. The lowest BCUT2D eigenvalue weighted by molar-refractivity contribution is 0.0349. The maximum Gasteiger partial charge on any atom is 0.339 e. The maximum absolute atomic E-state index is 12.5. The second kappa shape index (κ2) is 10.8. The van der Waals surface area contributed by atoms with Crippen LogP contribution in [-0.2, 0) is 4.74 Å². The highest BCUT2D eigenvalue weighted by atomic mass is 16.5. The first kappa shape index (κ1) is 23.2. The predicted molar refractivity (Wildman–Crippen MR) is 127 cm³/mol. The van der Waals surface area contributed by atoms with E-state index in [9.17, 15) is 14.7 Å². The smallest absolute Gasteiger partial charge is 0.339 e. The molecular formula is C25H32N4O4. The Kier molecular flexibility index (Phi) is 7.57. The van der Waals surface area contributed by atoms with Crippen molar-refractivity contribution in [3.05, 3.63) is 53.2 Å². The summed E-state index contributed by atoms with van der Waals surface area (Å²) in [7, 11) is 0. The molecule has 2 fully saturated rings. The van der Waals surface area contributed by atoms with Crippen LogP contribution < -0.4 is 10.2 Å². The minimum Gasteiger partial charge on any atom is -0.478 e. The van der Waals surface area contributed by atoms with Crippen molar-refractivity contribution >= 4 is 23.4 Å². The number of aromatic carboxylic acids is 1. The van der Waals surface area contributed by atoms with Gasteiger partial charge in [-0.2, -0.15) is 0 Å². The van der Waals surface area contributed by atoms with Gasteiger partial charge in [0.15, 0.2) is 0 Å². The van der Waals surface area contributed by atoms with Gasteiger partial charge in [0.25, 0.3) is 5.91 Å². The molecule has 0 spiro atoms. The number of aryl methyl sites for hydroxylation is 1. The van der Waals surface area contributed by atoms with Gasteiger partial charge in [0.05, 0.1) is 25.1 Å². The SMILES string of the molecule is Cc1ccc(C(=O)Nc2cnc(N3CCC(CCN4CCOCC4)CC3)c(C(=O)O)c2)cc1. The molecule has 33 heavy (non-hydrogen) atoms. The molecule has 1 aromatic carbocycles. The Bertz CT molecular complexity index is 965. The third-order valence-electron chi connectivity index (χ3n) is 6.54. The molecule has 0 saturated carbocycles. The van der Waals surface area contributed by atoms with Crippen LogP contribution in [0.3, 0.4) is 0 Å². The Balaban J connectivity index is 1.36. The standard InChI is InChI=1S/C25H32N4O4/c1-18-2-4-20(5-3-18)24(30)27-21-16-22(25(31)32)23(26-17-21)29-10-7-19(8-11-29)6-9-28-12-14-33-15-13-28/h2-5,16-17,19H,6-15H2,1H3,(H,27,30)(H,31,32). The van der Waals surface area contributed by atoms with Crippen LogP contribution in [0.1, 0.15) is 45.5 Å². The third kappa shape index (κ3) is 6.09. The average molecular weight is 453 g/mol. The number of hydrogen-bond acceptors (Lipinski definition) is 6. The van der Waals surface area contributed by atoms with E-state index in [1.807, 2.05) is 19.1 Å². The van der Waals surface area contributed by atoms with Crippen molar-refractivity contribution < 1.29 is 19.4 Å². The van der Waals surface area contributed by atoms with Crippen LogP contribution >= 0.6 is 0 Å². The van der Waals surface area contributed by atoms with E-state index in [0.717, 1.165) is 70.8 Å². The van der Waals surface area contributed by atoms with Crippen molar-refractivity contribution in [1.29, 1.82) is 0 Å². The molecule has 2 N–H and O–H groups in total. The molecule has 1 amide bonds. The molecule has 2 saturated heterocycles. The number of morpholine rings is 1. The highest BCUT2D eigenvalue weighted by Crippen LogP contribution is 2.28. The van der Waals surface area contributed by atoms with Crippen molar-refractivity contribution in [2.24, 2.45) is 5.92 Å². The lowest BCUT2D eigenvalue weighted by Crippen LogP contribution is -2.39. The molecule has 0 radical (unpaired) electrons. The van der Waals surface area contributed by atoms with E-state index in [0.29, 0.717) is 23.0 Å². The number of nitrogens with one attached hydrogen (secondary N) is 1. The first-order chi connectivity index (χ1) is 16.0. The summed E-state index contributed by atoms with van der Waals surface area (Å²) in [6.45, 7) is 8.30.